The summed E-state index contributed by atoms with van der Waals surface area (Å²) in [4.78, 5) is 9.78. The third-order valence-electron chi connectivity index (χ3n) is 3.71. The number of aliphatic hydroxyl groups excluding tert-OH is 1. The van der Waals surface area contributed by atoms with Gasteiger partial charge < -0.3 is 9.52 Å². The van der Waals surface area contributed by atoms with Gasteiger partial charge in [-0.2, -0.15) is 0 Å². The van der Waals surface area contributed by atoms with E-state index in [2.05, 4.69) is 44.6 Å². The molecule has 0 saturated carbocycles. The van der Waals surface area contributed by atoms with Gasteiger partial charge in [-0.05, 0) is 12.8 Å². The van der Waals surface area contributed by atoms with E-state index < -0.39 is 0 Å². The lowest BCUT2D eigenvalue weighted by atomic mass is 9.83. The van der Waals surface area contributed by atoms with Crippen LogP contribution in [0.5, 0.6) is 0 Å². The molecule has 0 radical (unpaired) electrons. The molecule has 21 heavy (non-hydrogen) atoms. The van der Waals surface area contributed by atoms with Crippen LogP contribution in [0.2, 0.25) is 0 Å². The lowest BCUT2D eigenvalue weighted by Crippen LogP contribution is -2.20. The van der Waals surface area contributed by atoms with E-state index in [1.54, 1.807) is 16.8 Å². The van der Waals surface area contributed by atoms with E-state index in [9.17, 15) is 5.11 Å². The van der Waals surface area contributed by atoms with Crippen LogP contribution in [0.3, 0.4) is 0 Å². The molecule has 0 unspecified atom stereocenters. The molecule has 0 aliphatic carbocycles. The van der Waals surface area contributed by atoms with Gasteiger partial charge in [-0.3, -0.25) is 0 Å². The smallest absolute Gasteiger partial charge is 0.181 e. The van der Waals surface area contributed by atoms with Crippen molar-refractivity contribution < 1.29 is 9.52 Å². The van der Waals surface area contributed by atoms with Crippen molar-refractivity contribution >= 4 is 11.3 Å². The SMILES string of the molecule is CC(C)(C)c1ocnc1CCC(C)(C)c1scnc1CO. The molecular weight excluding hydrogens is 284 g/mol. The summed E-state index contributed by atoms with van der Waals surface area (Å²) in [6, 6.07) is 0. The maximum absolute atomic E-state index is 9.39. The minimum atomic E-state index is -0.0344. The number of aryl methyl sites for hydroxylation is 1. The van der Waals surface area contributed by atoms with Gasteiger partial charge in [-0.25, -0.2) is 9.97 Å². The Kier molecular flexibility index (Phi) is 4.54. The lowest BCUT2D eigenvalue weighted by Gasteiger charge is -2.24. The van der Waals surface area contributed by atoms with E-state index in [1.165, 1.54) is 6.39 Å². The standard InChI is InChI=1S/C16H24N2O2S/c1-15(2,3)13-11(17-9-20-13)6-7-16(4,5)14-12(8-19)18-10-21-14/h9-10,19H,6-8H2,1-5H3. The van der Waals surface area contributed by atoms with E-state index in [4.69, 9.17) is 4.42 Å². The Morgan fingerprint density at radius 1 is 1.14 bits per heavy atom. The van der Waals surface area contributed by atoms with Crippen LogP contribution in [-0.4, -0.2) is 15.1 Å². The molecular formula is C16H24N2O2S. The summed E-state index contributed by atoms with van der Waals surface area (Å²) < 4.78 is 5.57. The Hall–Kier alpha value is -1.20. The van der Waals surface area contributed by atoms with Crippen LogP contribution in [-0.2, 0) is 23.9 Å². The van der Waals surface area contributed by atoms with Crippen molar-refractivity contribution in [1.82, 2.24) is 9.97 Å². The van der Waals surface area contributed by atoms with Crippen molar-refractivity contribution in [3.8, 4) is 0 Å². The second kappa shape index (κ2) is 5.89. The first kappa shape index (κ1) is 16.2. The third kappa shape index (κ3) is 3.52. The van der Waals surface area contributed by atoms with Crippen molar-refractivity contribution in [3.05, 3.63) is 33.9 Å². The average molecular weight is 308 g/mol. The summed E-state index contributed by atoms with van der Waals surface area (Å²) >= 11 is 1.61. The average Bonchev–Trinajstić information content (AvgIpc) is 3.04. The molecule has 0 aliphatic rings. The number of aliphatic hydroxyl groups is 1. The molecule has 0 fully saturated rings. The molecule has 2 aromatic heterocycles. The Morgan fingerprint density at radius 2 is 1.86 bits per heavy atom. The summed E-state index contributed by atoms with van der Waals surface area (Å²) in [5, 5.41) is 9.39. The molecule has 116 valence electrons. The molecule has 0 aromatic carbocycles. The highest BCUT2D eigenvalue weighted by Gasteiger charge is 2.28. The normalized spacial score (nSPS) is 12.9. The fourth-order valence-corrected chi connectivity index (χ4v) is 3.49. The first-order valence-corrected chi connectivity index (χ1v) is 8.10. The quantitative estimate of drug-likeness (QED) is 0.912. The van der Waals surface area contributed by atoms with Crippen molar-refractivity contribution in [2.45, 2.75) is 64.9 Å². The van der Waals surface area contributed by atoms with Crippen molar-refractivity contribution in [2.24, 2.45) is 0 Å². The molecule has 4 nitrogen and oxygen atoms in total. The highest BCUT2D eigenvalue weighted by Crippen LogP contribution is 2.35. The third-order valence-corrected chi connectivity index (χ3v) is 4.95. The second-order valence-electron chi connectivity index (χ2n) is 7.05. The zero-order valence-corrected chi connectivity index (χ0v) is 14.3. The van der Waals surface area contributed by atoms with E-state index in [0.717, 1.165) is 34.9 Å². The number of hydrogen-bond donors (Lipinski definition) is 1. The van der Waals surface area contributed by atoms with Gasteiger partial charge in [0, 0.05) is 15.7 Å². The molecule has 0 amide bonds. The van der Waals surface area contributed by atoms with E-state index in [-0.39, 0.29) is 17.4 Å². The highest BCUT2D eigenvalue weighted by atomic mass is 32.1. The van der Waals surface area contributed by atoms with Crippen LogP contribution in [0.4, 0.5) is 0 Å². The van der Waals surface area contributed by atoms with Crippen LogP contribution in [0.25, 0.3) is 0 Å². The van der Waals surface area contributed by atoms with Crippen molar-refractivity contribution in [3.63, 3.8) is 0 Å². The van der Waals surface area contributed by atoms with Crippen molar-refractivity contribution in [1.29, 1.82) is 0 Å². The first-order valence-electron chi connectivity index (χ1n) is 7.22. The minimum absolute atomic E-state index is 0.000531. The largest absolute Gasteiger partial charge is 0.448 e. The first-order chi connectivity index (χ1) is 9.75. The number of rotatable bonds is 5. The molecule has 2 rings (SSSR count). The molecule has 2 aromatic rings. The number of hydrogen-bond acceptors (Lipinski definition) is 5. The van der Waals surface area contributed by atoms with Crippen LogP contribution in [0.1, 0.15) is 63.1 Å². The predicted octanol–water partition coefficient (Wildman–Crippen LogP) is 3.83. The highest BCUT2D eigenvalue weighted by molar-refractivity contribution is 7.09. The number of oxazole rings is 1. The van der Waals surface area contributed by atoms with E-state index in [1.807, 2.05) is 0 Å². The van der Waals surface area contributed by atoms with Gasteiger partial charge in [0.2, 0.25) is 0 Å². The summed E-state index contributed by atoms with van der Waals surface area (Å²) in [5.41, 5.74) is 3.57. The van der Waals surface area contributed by atoms with Gasteiger partial charge in [0.25, 0.3) is 0 Å². The molecule has 0 saturated heterocycles. The van der Waals surface area contributed by atoms with Gasteiger partial charge in [0.05, 0.1) is 23.5 Å². The topological polar surface area (TPSA) is 59.2 Å². The second-order valence-corrected chi connectivity index (χ2v) is 7.90. The van der Waals surface area contributed by atoms with Gasteiger partial charge in [0.15, 0.2) is 6.39 Å². The zero-order chi connectivity index (χ0) is 15.7. The van der Waals surface area contributed by atoms with Crippen molar-refractivity contribution in [2.75, 3.05) is 0 Å². The molecule has 0 spiro atoms. The Labute approximate surface area is 130 Å². The van der Waals surface area contributed by atoms with Gasteiger partial charge in [-0.1, -0.05) is 34.6 Å². The Bertz CT molecular complexity index is 593. The van der Waals surface area contributed by atoms with E-state index in [0.29, 0.717) is 0 Å². The number of nitrogens with zero attached hydrogens (tertiary/aromatic N) is 2. The number of aromatic nitrogens is 2. The monoisotopic (exact) mass is 308 g/mol. The summed E-state index contributed by atoms with van der Waals surface area (Å²) in [7, 11) is 0. The summed E-state index contributed by atoms with van der Waals surface area (Å²) in [6.07, 6.45) is 3.34. The Morgan fingerprint density at radius 3 is 2.48 bits per heavy atom. The van der Waals surface area contributed by atoms with Crippen LogP contribution in [0.15, 0.2) is 16.3 Å². The maximum atomic E-state index is 9.39. The van der Waals surface area contributed by atoms with Gasteiger partial charge in [-0.15, -0.1) is 11.3 Å². The zero-order valence-electron chi connectivity index (χ0n) is 13.4. The fraction of sp³-hybridized carbons (Fsp3) is 0.625. The summed E-state index contributed by atoms with van der Waals surface area (Å²) in [5.74, 6) is 0.963. The van der Waals surface area contributed by atoms with Gasteiger partial charge in [0.1, 0.15) is 5.76 Å². The summed E-state index contributed by atoms with van der Waals surface area (Å²) in [6.45, 7) is 10.8. The maximum Gasteiger partial charge on any atom is 0.181 e. The lowest BCUT2D eigenvalue weighted by molar-refractivity contribution is 0.273. The fourth-order valence-electron chi connectivity index (χ4n) is 2.53. The number of thiazole rings is 1. The molecule has 1 N–H and O–H groups in total. The van der Waals surface area contributed by atoms with Crippen LogP contribution >= 0.6 is 11.3 Å². The molecule has 5 heteroatoms. The van der Waals surface area contributed by atoms with Gasteiger partial charge >= 0.3 is 0 Å². The van der Waals surface area contributed by atoms with E-state index >= 15 is 0 Å². The molecule has 0 atom stereocenters. The Balaban J connectivity index is 2.14. The molecule has 0 bridgehead atoms. The van der Waals surface area contributed by atoms with Crippen LogP contribution in [0, 0.1) is 0 Å². The molecule has 2 heterocycles. The molecule has 0 aliphatic heterocycles. The minimum Gasteiger partial charge on any atom is -0.448 e. The predicted molar refractivity (Wildman–Crippen MR) is 84.6 cm³/mol. The van der Waals surface area contributed by atoms with Crippen LogP contribution < -0.4 is 0 Å².